The molecule has 0 bridgehead atoms. The van der Waals surface area contributed by atoms with Crippen LogP contribution in [0.3, 0.4) is 0 Å². The Labute approximate surface area is 95.1 Å². The van der Waals surface area contributed by atoms with Gasteiger partial charge in [0.05, 0.1) is 11.5 Å². The molecule has 0 aromatic heterocycles. The summed E-state index contributed by atoms with van der Waals surface area (Å²) in [4.78, 5) is 0.300. The fourth-order valence-corrected chi connectivity index (χ4v) is 1.86. The van der Waals surface area contributed by atoms with Crippen LogP contribution in [-0.2, 0) is 14.6 Å². The lowest BCUT2D eigenvalue weighted by Crippen LogP contribution is -2.16. The van der Waals surface area contributed by atoms with E-state index < -0.39 is 9.84 Å². The van der Waals surface area contributed by atoms with E-state index in [4.69, 9.17) is 9.47 Å². The zero-order valence-corrected chi connectivity index (χ0v) is 10.1. The van der Waals surface area contributed by atoms with Gasteiger partial charge in [0.2, 0.25) is 0 Å². The predicted molar refractivity (Wildman–Crippen MR) is 59.4 cm³/mol. The maximum Gasteiger partial charge on any atom is 0.175 e. The van der Waals surface area contributed by atoms with Gasteiger partial charge in [-0.25, -0.2) is 8.42 Å². The number of ether oxygens (including phenoxy) is 2. The van der Waals surface area contributed by atoms with Crippen molar-refractivity contribution in [2.75, 3.05) is 19.5 Å². The molecule has 5 heteroatoms. The van der Waals surface area contributed by atoms with Gasteiger partial charge in [0, 0.05) is 6.26 Å². The third kappa shape index (κ3) is 2.74. The summed E-state index contributed by atoms with van der Waals surface area (Å²) in [6.07, 6.45) is 1.18. The molecule has 1 heterocycles. The molecule has 0 amide bonds. The zero-order chi connectivity index (χ0) is 11.8. The molecule has 1 aliphatic heterocycles. The minimum Gasteiger partial charge on any atom is -0.491 e. The quantitative estimate of drug-likeness (QED) is 0.746. The Balaban J connectivity index is 2.02. The zero-order valence-electron chi connectivity index (χ0n) is 9.26. The number of hydrogen-bond acceptors (Lipinski definition) is 4. The predicted octanol–water partition coefficient (Wildman–Crippen LogP) is 1.26. The van der Waals surface area contributed by atoms with Crippen molar-refractivity contribution in [3.8, 4) is 5.75 Å². The van der Waals surface area contributed by atoms with E-state index >= 15 is 0 Å². The van der Waals surface area contributed by atoms with Gasteiger partial charge in [-0.2, -0.15) is 0 Å². The van der Waals surface area contributed by atoms with Crippen LogP contribution in [0, 0.1) is 0 Å². The molecule has 1 atom stereocenters. The van der Waals surface area contributed by atoms with Gasteiger partial charge in [-0.3, -0.25) is 0 Å². The highest BCUT2D eigenvalue weighted by molar-refractivity contribution is 7.90. The molecule has 0 aliphatic carbocycles. The van der Waals surface area contributed by atoms with Gasteiger partial charge in [-0.15, -0.1) is 0 Å². The molecule has 1 unspecified atom stereocenters. The minimum atomic E-state index is -3.13. The monoisotopic (exact) mass is 242 g/mol. The summed E-state index contributed by atoms with van der Waals surface area (Å²) in [5.41, 5.74) is -0.157. The van der Waals surface area contributed by atoms with Gasteiger partial charge in [0.1, 0.15) is 18.0 Å². The van der Waals surface area contributed by atoms with Crippen LogP contribution in [0.2, 0.25) is 0 Å². The van der Waals surface area contributed by atoms with Gasteiger partial charge in [-0.1, -0.05) is 0 Å². The van der Waals surface area contributed by atoms with E-state index in [0.717, 1.165) is 0 Å². The van der Waals surface area contributed by atoms with E-state index in [9.17, 15) is 8.42 Å². The number of epoxide rings is 1. The molecule has 88 valence electrons. The minimum absolute atomic E-state index is 0.157. The van der Waals surface area contributed by atoms with Crippen molar-refractivity contribution in [3.05, 3.63) is 24.3 Å². The summed E-state index contributed by atoms with van der Waals surface area (Å²) in [6.45, 7) is 3.18. The Morgan fingerprint density at radius 1 is 1.38 bits per heavy atom. The van der Waals surface area contributed by atoms with E-state index in [1.807, 2.05) is 6.92 Å². The second kappa shape index (κ2) is 3.75. The van der Waals surface area contributed by atoms with Crippen LogP contribution < -0.4 is 4.74 Å². The SMILES string of the molecule is CC1(COc2ccc(S(C)(=O)=O)cc2)CO1. The van der Waals surface area contributed by atoms with Crippen molar-refractivity contribution in [1.29, 1.82) is 0 Å². The van der Waals surface area contributed by atoms with Crippen LogP contribution in [-0.4, -0.2) is 33.5 Å². The summed E-state index contributed by atoms with van der Waals surface area (Å²) in [6, 6.07) is 6.39. The topological polar surface area (TPSA) is 55.9 Å². The maximum atomic E-state index is 11.2. The van der Waals surface area contributed by atoms with Crippen molar-refractivity contribution in [1.82, 2.24) is 0 Å². The Bertz CT molecular complexity index is 471. The van der Waals surface area contributed by atoms with Crippen molar-refractivity contribution < 1.29 is 17.9 Å². The molecule has 0 spiro atoms. The van der Waals surface area contributed by atoms with E-state index in [2.05, 4.69) is 0 Å². The average molecular weight is 242 g/mol. The Morgan fingerprint density at radius 3 is 2.38 bits per heavy atom. The summed E-state index contributed by atoms with van der Waals surface area (Å²) in [5, 5.41) is 0. The summed E-state index contributed by atoms with van der Waals surface area (Å²) in [5.74, 6) is 0.657. The molecule has 2 rings (SSSR count). The third-order valence-electron chi connectivity index (χ3n) is 2.43. The van der Waals surface area contributed by atoms with Gasteiger partial charge < -0.3 is 9.47 Å². The van der Waals surface area contributed by atoms with E-state index in [0.29, 0.717) is 23.9 Å². The number of rotatable bonds is 4. The molecule has 1 saturated heterocycles. The summed E-state index contributed by atoms with van der Waals surface area (Å²) in [7, 11) is -3.13. The first-order valence-electron chi connectivity index (χ1n) is 4.96. The molecular formula is C11H14O4S. The fourth-order valence-electron chi connectivity index (χ4n) is 1.23. The Morgan fingerprint density at radius 2 is 1.94 bits per heavy atom. The lowest BCUT2D eigenvalue weighted by Gasteiger charge is -2.08. The van der Waals surface area contributed by atoms with Crippen LogP contribution in [0.4, 0.5) is 0 Å². The highest BCUT2D eigenvalue weighted by atomic mass is 32.2. The first kappa shape index (κ1) is 11.4. The second-order valence-corrected chi connectivity index (χ2v) is 6.29. The second-order valence-electron chi connectivity index (χ2n) is 4.27. The molecule has 1 fully saturated rings. The average Bonchev–Trinajstić information content (AvgIpc) is 2.94. The van der Waals surface area contributed by atoms with Crippen LogP contribution in [0.25, 0.3) is 0 Å². The van der Waals surface area contributed by atoms with Crippen molar-refractivity contribution in [3.63, 3.8) is 0 Å². The maximum absolute atomic E-state index is 11.2. The largest absolute Gasteiger partial charge is 0.491 e. The van der Waals surface area contributed by atoms with E-state index in [1.54, 1.807) is 24.3 Å². The molecule has 4 nitrogen and oxygen atoms in total. The van der Waals surface area contributed by atoms with Gasteiger partial charge in [-0.05, 0) is 31.2 Å². The normalized spacial score (nSPS) is 24.1. The highest BCUT2D eigenvalue weighted by Crippen LogP contribution is 2.27. The Hall–Kier alpha value is -1.07. The Kier molecular flexibility index (Phi) is 2.67. The first-order chi connectivity index (χ1) is 7.39. The molecule has 1 aliphatic rings. The van der Waals surface area contributed by atoms with Crippen molar-refractivity contribution >= 4 is 9.84 Å². The van der Waals surface area contributed by atoms with Crippen molar-refractivity contribution in [2.45, 2.75) is 17.4 Å². The van der Waals surface area contributed by atoms with E-state index in [1.165, 1.54) is 6.26 Å². The standard InChI is InChI=1S/C11H14O4S/c1-11(8-15-11)7-14-9-3-5-10(6-4-9)16(2,12)13/h3-6H,7-8H2,1-2H3. The molecule has 16 heavy (non-hydrogen) atoms. The summed E-state index contributed by atoms with van der Waals surface area (Å²) >= 11 is 0. The molecule has 1 aromatic carbocycles. The fraction of sp³-hybridized carbons (Fsp3) is 0.455. The number of benzene rings is 1. The van der Waals surface area contributed by atoms with Crippen LogP contribution in [0.15, 0.2) is 29.2 Å². The first-order valence-corrected chi connectivity index (χ1v) is 6.85. The van der Waals surface area contributed by atoms with Crippen LogP contribution >= 0.6 is 0 Å². The molecule has 1 aromatic rings. The molecule has 0 saturated carbocycles. The van der Waals surface area contributed by atoms with Crippen LogP contribution in [0.5, 0.6) is 5.75 Å². The molecule has 0 radical (unpaired) electrons. The molecular weight excluding hydrogens is 228 g/mol. The third-order valence-corrected chi connectivity index (χ3v) is 3.56. The smallest absolute Gasteiger partial charge is 0.175 e. The van der Waals surface area contributed by atoms with E-state index in [-0.39, 0.29) is 5.60 Å². The van der Waals surface area contributed by atoms with Crippen LogP contribution in [0.1, 0.15) is 6.92 Å². The van der Waals surface area contributed by atoms with Crippen molar-refractivity contribution in [2.24, 2.45) is 0 Å². The van der Waals surface area contributed by atoms with Gasteiger partial charge in [0.15, 0.2) is 9.84 Å². The number of hydrogen-bond donors (Lipinski definition) is 0. The van der Waals surface area contributed by atoms with Gasteiger partial charge in [0.25, 0.3) is 0 Å². The number of sulfone groups is 1. The molecule has 0 N–H and O–H groups in total. The lowest BCUT2D eigenvalue weighted by atomic mass is 10.2. The van der Waals surface area contributed by atoms with Gasteiger partial charge >= 0.3 is 0 Å². The lowest BCUT2D eigenvalue weighted by molar-refractivity contribution is 0.202. The summed E-state index contributed by atoms with van der Waals surface area (Å²) < 4.78 is 33.1. The highest BCUT2D eigenvalue weighted by Gasteiger charge is 2.40.